The van der Waals surface area contributed by atoms with E-state index in [0.717, 1.165) is 47.3 Å². The molecule has 4 heterocycles. The van der Waals surface area contributed by atoms with Crippen molar-refractivity contribution in [2.24, 2.45) is 5.92 Å². The normalized spacial score (nSPS) is 22.6. The van der Waals surface area contributed by atoms with Gasteiger partial charge in [0, 0.05) is 34.5 Å². The number of imide groups is 1. The molecule has 2 aromatic carbocycles. The molecule has 3 atom stereocenters. The third-order valence-electron chi connectivity index (χ3n) is 7.28. The summed E-state index contributed by atoms with van der Waals surface area (Å²) in [6.07, 6.45) is 3.00. The molecule has 202 valence electrons. The lowest BCUT2D eigenvalue weighted by Crippen LogP contribution is -2.38. The number of benzene rings is 2. The van der Waals surface area contributed by atoms with E-state index in [0.29, 0.717) is 39.3 Å². The summed E-state index contributed by atoms with van der Waals surface area (Å²) in [5.74, 6) is -2.77. The number of thioether (sulfide) groups is 1. The number of anilines is 1. The zero-order valence-corrected chi connectivity index (χ0v) is 22.9. The number of fused-ring (bicyclic) bond motifs is 2. The van der Waals surface area contributed by atoms with Crippen LogP contribution in [-0.4, -0.2) is 52.6 Å². The van der Waals surface area contributed by atoms with Crippen LogP contribution in [0.15, 0.2) is 52.3 Å². The first-order valence-electron chi connectivity index (χ1n) is 12.5. The van der Waals surface area contributed by atoms with Crippen LogP contribution in [-0.2, 0) is 14.4 Å². The second kappa shape index (κ2) is 10.4. The summed E-state index contributed by atoms with van der Waals surface area (Å²) >= 11 is 8.51. The summed E-state index contributed by atoms with van der Waals surface area (Å²) in [4.78, 5) is 58.6. The number of nitrogens with zero attached hydrogens (tertiary/aromatic N) is 2. The van der Waals surface area contributed by atoms with E-state index in [1.807, 2.05) is 0 Å². The number of hydrogen-bond donors (Lipinski definition) is 1. The first-order valence-corrected chi connectivity index (χ1v) is 14.6. The second-order valence-corrected chi connectivity index (χ2v) is 12.3. The molecule has 8 nitrogen and oxygen atoms in total. The number of amides is 3. The van der Waals surface area contributed by atoms with Crippen LogP contribution in [0.4, 0.5) is 10.1 Å². The number of aromatic amines is 1. The number of likely N-dealkylation sites (tertiary alicyclic amines) is 1. The lowest BCUT2D eigenvalue weighted by Gasteiger charge is -2.31. The predicted molar refractivity (Wildman–Crippen MR) is 146 cm³/mol. The van der Waals surface area contributed by atoms with Crippen LogP contribution in [0.25, 0.3) is 0 Å². The monoisotopic (exact) mass is 587 g/mol. The highest BCUT2D eigenvalue weighted by Crippen LogP contribution is 2.54. The Morgan fingerprint density at radius 2 is 1.79 bits per heavy atom. The van der Waals surface area contributed by atoms with Gasteiger partial charge in [0.2, 0.25) is 11.8 Å². The first-order chi connectivity index (χ1) is 18.8. The van der Waals surface area contributed by atoms with Gasteiger partial charge in [-0.25, -0.2) is 9.29 Å². The predicted octanol–water partition coefficient (Wildman–Crippen LogP) is 4.42. The van der Waals surface area contributed by atoms with Gasteiger partial charge in [-0.3, -0.25) is 19.2 Å². The van der Waals surface area contributed by atoms with Crippen molar-refractivity contribution in [2.45, 2.75) is 35.5 Å². The molecular formula is C27H23ClFN3O5S2. The third kappa shape index (κ3) is 4.76. The zero-order chi connectivity index (χ0) is 27.3. The van der Waals surface area contributed by atoms with Crippen LogP contribution >= 0.6 is 34.7 Å². The van der Waals surface area contributed by atoms with Crippen molar-refractivity contribution in [3.8, 4) is 5.75 Å². The zero-order valence-electron chi connectivity index (χ0n) is 20.5. The average Bonchev–Trinajstić information content (AvgIpc) is 3.43. The van der Waals surface area contributed by atoms with Gasteiger partial charge in [0.1, 0.15) is 16.8 Å². The molecule has 39 heavy (non-hydrogen) atoms. The fraction of sp³-hybridized carbons (Fsp3) is 0.333. The highest BCUT2D eigenvalue weighted by molar-refractivity contribution is 8.00. The van der Waals surface area contributed by atoms with E-state index < -0.39 is 34.7 Å². The van der Waals surface area contributed by atoms with Gasteiger partial charge in [-0.05, 0) is 61.7 Å². The topological polar surface area (TPSA) is 99.8 Å². The maximum atomic E-state index is 13.9. The van der Waals surface area contributed by atoms with Crippen molar-refractivity contribution in [2.75, 3.05) is 24.6 Å². The summed E-state index contributed by atoms with van der Waals surface area (Å²) in [6, 6.07) is 10.1. The molecule has 1 N–H and O–H groups in total. The van der Waals surface area contributed by atoms with Crippen LogP contribution in [0.5, 0.6) is 5.75 Å². The van der Waals surface area contributed by atoms with Crippen LogP contribution in [0.2, 0.25) is 5.02 Å². The highest BCUT2D eigenvalue weighted by Gasteiger charge is 2.56. The molecule has 3 amide bonds. The number of thiazole rings is 1. The van der Waals surface area contributed by atoms with Crippen LogP contribution in [0, 0.1) is 11.7 Å². The molecule has 3 unspecified atom stereocenters. The minimum Gasteiger partial charge on any atom is -0.483 e. The molecule has 0 spiro atoms. The molecule has 0 bridgehead atoms. The number of halogens is 2. The van der Waals surface area contributed by atoms with Crippen LogP contribution < -0.4 is 14.5 Å². The van der Waals surface area contributed by atoms with Gasteiger partial charge in [0.25, 0.3) is 5.91 Å². The molecule has 3 aromatic rings. The van der Waals surface area contributed by atoms with Crippen molar-refractivity contribution >= 4 is 58.1 Å². The SMILES string of the molecule is O=C(COc1ccc(Cl)cc1C1c2sc(=O)[nH]c2SC2C(=O)N(c3ccc(F)cc3)C(=O)C21)N1CCCCC1. The number of nitrogens with one attached hydrogen (secondary N) is 1. The highest BCUT2D eigenvalue weighted by atomic mass is 35.5. The summed E-state index contributed by atoms with van der Waals surface area (Å²) in [7, 11) is 0. The number of carbonyl (C=O) groups is 3. The molecule has 3 aliphatic heterocycles. The van der Waals surface area contributed by atoms with Crippen molar-refractivity contribution in [1.82, 2.24) is 9.88 Å². The average molecular weight is 588 g/mol. The number of ether oxygens (including phenoxy) is 1. The van der Waals surface area contributed by atoms with Crippen molar-refractivity contribution < 1.29 is 23.5 Å². The van der Waals surface area contributed by atoms with Gasteiger partial charge in [-0.2, -0.15) is 0 Å². The van der Waals surface area contributed by atoms with E-state index in [2.05, 4.69) is 4.98 Å². The number of carbonyl (C=O) groups excluding carboxylic acids is 3. The molecular weight excluding hydrogens is 565 g/mol. The van der Waals surface area contributed by atoms with Crippen molar-refractivity contribution in [1.29, 1.82) is 0 Å². The summed E-state index contributed by atoms with van der Waals surface area (Å²) in [6.45, 7) is 1.19. The van der Waals surface area contributed by atoms with Crippen LogP contribution in [0.3, 0.4) is 0 Å². The molecule has 12 heteroatoms. The Bertz CT molecular complexity index is 1520. The number of rotatable bonds is 5. The largest absolute Gasteiger partial charge is 0.483 e. The Balaban J connectivity index is 1.39. The molecule has 1 aromatic heterocycles. The molecule has 2 fully saturated rings. The molecule has 0 aliphatic carbocycles. The standard InChI is InChI=1S/C27H23ClFN3O5S2/c28-14-4-9-18(37-13-19(33)31-10-2-1-3-11-31)17(12-14)20-21-23(38-24-22(20)39-27(36)30-24)26(35)32(25(21)34)16-7-5-15(29)6-8-16/h4-9,12,20-21,23H,1-3,10-11,13H2,(H,30,36). The Morgan fingerprint density at radius 3 is 2.54 bits per heavy atom. The van der Waals surface area contributed by atoms with Crippen molar-refractivity contribution in [3.05, 3.63) is 73.4 Å². The quantitative estimate of drug-likeness (QED) is 0.444. The second-order valence-electron chi connectivity index (χ2n) is 9.65. The van der Waals surface area contributed by atoms with Crippen LogP contribution in [0.1, 0.15) is 35.6 Å². The Morgan fingerprint density at radius 1 is 1.05 bits per heavy atom. The Hall–Kier alpha value is -3.15. The summed E-state index contributed by atoms with van der Waals surface area (Å²) in [5, 5.41) is 0.0619. The fourth-order valence-electron chi connectivity index (χ4n) is 5.46. The number of H-pyrrole nitrogens is 1. The molecule has 2 saturated heterocycles. The maximum absolute atomic E-state index is 13.9. The van der Waals surface area contributed by atoms with Gasteiger partial charge < -0.3 is 14.6 Å². The van der Waals surface area contributed by atoms with E-state index in [1.54, 1.807) is 23.1 Å². The lowest BCUT2D eigenvalue weighted by molar-refractivity contribution is -0.134. The third-order valence-corrected chi connectivity index (χ3v) is 9.91. The van der Waals surface area contributed by atoms with Gasteiger partial charge in [-0.1, -0.05) is 34.7 Å². The minimum absolute atomic E-state index is 0.130. The summed E-state index contributed by atoms with van der Waals surface area (Å²) < 4.78 is 19.6. The van der Waals surface area contributed by atoms with E-state index in [4.69, 9.17) is 16.3 Å². The van der Waals surface area contributed by atoms with Gasteiger partial charge in [0.15, 0.2) is 6.61 Å². The minimum atomic E-state index is -0.870. The summed E-state index contributed by atoms with van der Waals surface area (Å²) in [5.41, 5.74) is 0.787. The maximum Gasteiger partial charge on any atom is 0.305 e. The van der Waals surface area contributed by atoms with Gasteiger partial charge >= 0.3 is 4.87 Å². The lowest BCUT2D eigenvalue weighted by atomic mass is 9.82. The Kier molecular flexibility index (Phi) is 6.98. The number of hydrogen-bond acceptors (Lipinski definition) is 7. The first kappa shape index (κ1) is 26.1. The fourth-order valence-corrected chi connectivity index (χ4v) is 8.15. The molecule has 0 radical (unpaired) electrons. The molecule has 3 aliphatic rings. The Labute approximate surface area is 236 Å². The van der Waals surface area contributed by atoms with Gasteiger partial charge in [0.05, 0.1) is 16.6 Å². The number of piperidine rings is 1. The van der Waals surface area contributed by atoms with Gasteiger partial charge in [-0.15, -0.1) is 0 Å². The van der Waals surface area contributed by atoms with E-state index in [1.165, 1.54) is 24.3 Å². The van der Waals surface area contributed by atoms with Crippen molar-refractivity contribution in [3.63, 3.8) is 0 Å². The smallest absolute Gasteiger partial charge is 0.305 e. The van der Waals surface area contributed by atoms with E-state index >= 15 is 0 Å². The van der Waals surface area contributed by atoms with E-state index in [9.17, 15) is 23.6 Å². The number of aromatic nitrogens is 1. The molecule has 6 rings (SSSR count). The molecule has 0 saturated carbocycles. The van der Waals surface area contributed by atoms with E-state index in [-0.39, 0.29) is 23.1 Å².